The quantitative estimate of drug-likeness (QED) is 0.848. The Bertz CT molecular complexity index is 390. The van der Waals surface area contributed by atoms with Crippen LogP contribution >= 0.6 is 0 Å². The van der Waals surface area contributed by atoms with Gasteiger partial charge in [0.25, 0.3) is 0 Å². The number of aromatic nitrogens is 2. The molecule has 2 rings (SSSR count). The van der Waals surface area contributed by atoms with Gasteiger partial charge in [0, 0.05) is 6.04 Å². The number of anilines is 1. The maximum absolute atomic E-state index is 5.44. The van der Waals surface area contributed by atoms with Crippen LogP contribution < -0.4 is 10.1 Å². The first kappa shape index (κ1) is 11.2. The molecule has 1 atom stereocenters. The molecule has 1 aromatic rings. The molecule has 0 radical (unpaired) electrons. The summed E-state index contributed by atoms with van der Waals surface area (Å²) in [4.78, 5) is 8.38. The smallest absolute Gasteiger partial charge is 0.221 e. The summed E-state index contributed by atoms with van der Waals surface area (Å²) < 4.78 is 5.44. The zero-order valence-corrected chi connectivity index (χ0v) is 10.4. The van der Waals surface area contributed by atoms with Gasteiger partial charge in [-0.25, -0.2) is 9.97 Å². The van der Waals surface area contributed by atoms with E-state index in [1.807, 2.05) is 13.8 Å². The molecule has 0 amide bonds. The van der Waals surface area contributed by atoms with Gasteiger partial charge in [-0.1, -0.05) is 13.8 Å². The van der Waals surface area contributed by atoms with E-state index in [1.165, 1.54) is 6.42 Å². The van der Waals surface area contributed by atoms with E-state index >= 15 is 0 Å². The van der Waals surface area contributed by atoms with Crippen molar-refractivity contribution in [2.75, 3.05) is 11.9 Å². The van der Waals surface area contributed by atoms with Gasteiger partial charge >= 0.3 is 0 Å². The number of nitrogens with one attached hydrogen (secondary N) is 1. The van der Waals surface area contributed by atoms with Gasteiger partial charge in [-0.15, -0.1) is 0 Å². The third-order valence-electron chi connectivity index (χ3n) is 3.14. The van der Waals surface area contributed by atoms with Crippen LogP contribution in [-0.2, 0) is 0 Å². The van der Waals surface area contributed by atoms with E-state index in [0.29, 0.717) is 23.9 Å². The van der Waals surface area contributed by atoms with Crippen LogP contribution in [0.2, 0.25) is 0 Å². The normalized spacial score (nSPS) is 21.6. The van der Waals surface area contributed by atoms with Crippen LogP contribution in [-0.4, -0.2) is 22.6 Å². The van der Waals surface area contributed by atoms with Crippen molar-refractivity contribution in [1.29, 1.82) is 0 Å². The fourth-order valence-corrected chi connectivity index (χ4v) is 1.74. The Hall–Kier alpha value is -1.32. The molecule has 1 saturated carbocycles. The van der Waals surface area contributed by atoms with E-state index in [4.69, 9.17) is 4.74 Å². The molecule has 4 heteroatoms. The summed E-state index contributed by atoms with van der Waals surface area (Å²) >= 11 is 0. The summed E-state index contributed by atoms with van der Waals surface area (Å²) in [7, 11) is 0. The fourth-order valence-electron chi connectivity index (χ4n) is 1.74. The van der Waals surface area contributed by atoms with Crippen LogP contribution in [0.5, 0.6) is 5.88 Å². The Balaban J connectivity index is 2.12. The van der Waals surface area contributed by atoms with Crippen LogP contribution in [0.3, 0.4) is 0 Å². The van der Waals surface area contributed by atoms with Crippen molar-refractivity contribution in [3.8, 4) is 5.88 Å². The molecule has 1 unspecified atom stereocenters. The van der Waals surface area contributed by atoms with Crippen LogP contribution in [0.15, 0.2) is 6.33 Å². The van der Waals surface area contributed by atoms with Crippen molar-refractivity contribution in [2.24, 2.45) is 5.41 Å². The van der Waals surface area contributed by atoms with Gasteiger partial charge in [0.15, 0.2) is 0 Å². The third-order valence-corrected chi connectivity index (χ3v) is 3.14. The summed E-state index contributed by atoms with van der Waals surface area (Å²) in [5.74, 6) is 1.58. The molecular formula is C12H19N3O. The van der Waals surface area contributed by atoms with E-state index in [-0.39, 0.29) is 0 Å². The molecule has 0 bridgehead atoms. The highest BCUT2D eigenvalue weighted by molar-refractivity contribution is 5.49. The minimum atomic E-state index is 0.392. The molecule has 16 heavy (non-hydrogen) atoms. The Morgan fingerprint density at radius 2 is 2.19 bits per heavy atom. The monoisotopic (exact) mass is 221 g/mol. The van der Waals surface area contributed by atoms with Crippen LogP contribution in [0.25, 0.3) is 0 Å². The highest BCUT2D eigenvalue weighted by atomic mass is 16.5. The molecule has 0 aliphatic heterocycles. The minimum Gasteiger partial charge on any atom is -0.478 e. The summed E-state index contributed by atoms with van der Waals surface area (Å²) in [5, 5.41) is 3.44. The average molecular weight is 221 g/mol. The third kappa shape index (κ3) is 2.10. The number of rotatable bonds is 4. The number of hydrogen-bond donors (Lipinski definition) is 1. The lowest BCUT2D eigenvalue weighted by molar-refractivity contribution is 0.324. The number of ether oxygens (including phenoxy) is 1. The van der Waals surface area contributed by atoms with E-state index < -0.39 is 0 Å². The second-order valence-corrected chi connectivity index (χ2v) is 4.98. The first-order chi connectivity index (χ1) is 7.54. The average Bonchev–Trinajstić information content (AvgIpc) is 2.81. The second kappa shape index (κ2) is 3.92. The van der Waals surface area contributed by atoms with Crippen LogP contribution in [0.4, 0.5) is 5.82 Å². The first-order valence-corrected chi connectivity index (χ1v) is 5.75. The van der Waals surface area contributed by atoms with Gasteiger partial charge in [0.05, 0.1) is 12.2 Å². The topological polar surface area (TPSA) is 47.0 Å². The highest BCUT2D eigenvalue weighted by Crippen LogP contribution is 2.46. The molecule has 1 aromatic heterocycles. The van der Waals surface area contributed by atoms with E-state index in [1.54, 1.807) is 6.33 Å². The Morgan fingerprint density at radius 1 is 1.50 bits per heavy atom. The lowest BCUT2D eigenvalue weighted by atomic mass is 10.2. The van der Waals surface area contributed by atoms with Crippen molar-refractivity contribution >= 4 is 5.82 Å². The summed E-state index contributed by atoms with van der Waals surface area (Å²) in [6, 6.07) is 0.524. The van der Waals surface area contributed by atoms with E-state index in [0.717, 1.165) is 11.4 Å². The standard InChI is InChI=1S/C12H19N3O/c1-5-16-11-8(2)10(13-7-14-11)15-9-6-12(9,3)4/h7,9H,5-6H2,1-4H3,(H,13,14,15). The number of hydrogen-bond acceptors (Lipinski definition) is 4. The van der Waals surface area contributed by atoms with Crippen molar-refractivity contribution in [2.45, 2.75) is 40.2 Å². The van der Waals surface area contributed by atoms with E-state index in [9.17, 15) is 0 Å². The molecule has 0 spiro atoms. The van der Waals surface area contributed by atoms with Gasteiger partial charge in [0.1, 0.15) is 12.1 Å². The number of nitrogens with zero attached hydrogens (tertiary/aromatic N) is 2. The van der Waals surface area contributed by atoms with Crippen molar-refractivity contribution in [3.63, 3.8) is 0 Å². The largest absolute Gasteiger partial charge is 0.478 e. The maximum atomic E-state index is 5.44. The summed E-state index contributed by atoms with van der Waals surface area (Å²) in [6.07, 6.45) is 2.75. The van der Waals surface area contributed by atoms with Gasteiger partial charge in [-0.05, 0) is 25.7 Å². The van der Waals surface area contributed by atoms with E-state index in [2.05, 4.69) is 29.1 Å². The zero-order valence-electron chi connectivity index (χ0n) is 10.4. The van der Waals surface area contributed by atoms with Gasteiger partial charge in [0.2, 0.25) is 5.88 Å². The molecular weight excluding hydrogens is 202 g/mol. The van der Waals surface area contributed by atoms with Gasteiger partial charge in [-0.3, -0.25) is 0 Å². The van der Waals surface area contributed by atoms with Crippen molar-refractivity contribution in [3.05, 3.63) is 11.9 Å². The molecule has 0 aromatic carbocycles. The zero-order chi connectivity index (χ0) is 11.8. The lowest BCUT2D eigenvalue weighted by Crippen LogP contribution is -2.12. The molecule has 0 saturated heterocycles. The summed E-state index contributed by atoms with van der Waals surface area (Å²) in [6.45, 7) is 9.09. The Morgan fingerprint density at radius 3 is 2.75 bits per heavy atom. The van der Waals surface area contributed by atoms with Gasteiger partial charge in [-0.2, -0.15) is 0 Å². The SMILES string of the molecule is CCOc1ncnc(NC2CC2(C)C)c1C. The molecule has 1 aliphatic carbocycles. The first-order valence-electron chi connectivity index (χ1n) is 5.75. The predicted molar refractivity (Wildman–Crippen MR) is 63.7 cm³/mol. The van der Waals surface area contributed by atoms with Crippen LogP contribution in [0, 0.1) is 12.3 Å². The molecule has 1 aliphatic rings. The molecule has 88 valence electrons. The molecule has 1 heterocycles. The van der Waals surface area contributed by atoms with Crippen LogP contribution in [0.1, 0.15) is 32.8 Å². The maximum Gasteiger partial charge on any atom is 0.221 e. The van der Waals surface area contributed by atoms with Crippen molar-refractivity contribution in [1.82, 2.24) is 9.97 Å². The van der Waals surface area contributed by atoms with Gasteiger partial charge < -0.3 is 10.1 Å². The molecule has 1 N–H and O–H groups in total. The highest BCUT2D eigenvalue weighted by Gasteiger charge is 2.46. The lowest BCUT2D eigenvalue weighted by Gasteiger charge is -2.12. The second-order valence-electron chi connectivity index (χ2n) is 4.98. The molecule has 1 fully saturated rings. The summed E-state index contributed by atoms with van der Waals surface area (Å²) in [5.41, 5.74) is 1.38. The Kier molecular flexibility index (Phi) is 2.74. The Labute approximate surface area is 96.4 Å². The minimum absolute atomic E-state index is 0.392. The predicted octanol–water partition coefficient (Wildman–Crippen LogP) is 2.39. The fraction of sp³-hybridized carbons (Fsp3) is 0.667. The molecule has 4 nitrogen and oxygen atoms in total. The van der Waals surface area contributed by atoms with Crippen molar-refractivity contribution < 1.29 is 4.74 Å².